The largest absolute Gasteiger partial charge is 0.332 e. The minimum absolute atomic E-state index is 0.209. The second-order valence-corrected chi connectivity index (χ2v) is 5.78. The molecule has 0 radical (unpaired) electrons. The van der Waals surface area contributed by atoms with Gasteiger partial charge in [-0.1, -0.05) is 53.6 Å². The Morgan fingerprint density at radius 2 is 1.55 bits per heavy atom. The van der Waals surface area contributed by atoms with Gasteiger partial charge in [0.2, 0.25) is 5.78 Å². The van der Waals surface area contributed by atoms with E-state index in [2.05, 4.69) is 0 Å². The molecule has 2 rings (SSSR count). The number of halogens is 1. The van der Waals surface area contributed by atoms with Gasteiger partial charge in [-0.2, -0.15) is 0 Å². The number of carbonyl (C=O) groups is 2. The average Bonchev–Trinajstić information content (AvgIpc) is 2.53. The molecule has 2 aromatic carbocycles. The molecule has 114 valence electrons. The molecule has 0 N–H and O–H groups in total. The predicted octanol–water partition coefficient (Wildman–Crippen LogP) is 4.05. The minimum atomic E-state index is -0.522. The zero-order chi connectivity index (χ0) is 16.3. The van der Waals surface area contributed by atoms with E-state index in [1.807, 2.05) is 38.1 Å². The van der Waals surface area contributed by atoms with Crippen LogP contribution in [-0.4, -0.2) is 23.6 Å². The fourth-order valence-electron chi connectivity index (χ4n) is 2.13. The van der Waals surface area contributed by atoms with Crippen molar-refractivity contribution in [3.05, 3.63) is 70.2 Å². The van der Waals surface area contributed by atoms with Crippen molar-refractivity contribution < 1.29 is 9.59 Å². The van der Waals surface area contributed by atoms with Crippen LogP contribution in [0.25, 0.3) is 0 Å². The van der Waals surface area contributed by atoms with Gasteiger partial charge in [0, 0.05) is 17.6 Å². The van der Waals surface area contributed by atoms with E-state index in [0.29, 0.717) is 10.6 Å². The molecule has 1 amide bonds. The van der Waals surface area contributed by atoms with Gasteiger partial charge in [0.15, 0.2) is 0 Å². The van der Waals surface area contributed by atoms with Crippen molar-refractivity contribution in [2.24, 2.45) is 0 Å². The van der Waals surface area contributed by atoms with Crippen LogP contribution < -0.4 is 0 Å². The van der Waals surface area contributed by atoms with Gasteiger partial charge in [-0.3, -0.25) is 9.59 Å². The summed E-state index contributed by atoms with van der Waals surface area (Å²) < 4.78 is 0. The number of benzene rings is 2. The molecular formula is C18H18ClNO2. The summed E-state index contributed by atoms with van der Waals surface area (Å²) in [6.07, 6.45) is 0. The summed E-state index contributed by atoms with van der Waals surface area (Å²) in [5.41, 5.74) is 2.38. The number of hydrogen-bond donors (Lipinski definition) is 0. The summed E-state index contributed by atoms with van der Waals surface area (Å²) >= 11 is 5.87. The Labute approximate surface area is 135 Å². The maximum Gasteiger partial charge on any atom is 0.295 e. The minimum Gasteiger partial charge on any atom is -0.332 e. The van der Waals surface area contributed by atoms with Gasteiger partial charge in [0.25, 0.3) is 5.91 Å². The third-order valence-electron chi connectivity index (χ3n) is 3.76. The Balaban J connectivity index is 2.15. The molecule has 4 heteroatoms. The highest BCUT2D eigenvalue weighted by atomic mass is 35.5. The summed E-state index contributed by atoms with van der Waals surface area (Å²) in [7, 11) is 1.63. The number of rotatable bonds is 4. The highest BCUT2D eigenvalue weighted by Crippen LogP contribution is 2.21. The Morgan fingerprint density at radius 1 is 1.00 bits per heavy atom. The molecule has 2 aromatic rings. The van der Waals surface area contributed by atoms with Crippen LogP contribution in [0.5, 0.6) is 0 Å². The maximum atomic E-state index is 12.4. The number of aryl methyl sites for hydroxylation is 1. The summed E-state index contributed by atoms with van der Waals surface area (Å²) in [6.45, 7) is 3.81. The van der Waals surface area contributed by atoms with E-state index in [0.717, 1.165) is 11.1 Å². The Kier molecular flexibility index (Phi) is 4.99. The quantitative estimate of drug-likeness (QED) is 0.630. The lowest BCUT2D eigenvalue weighted by atomic mass is 10.0. The molecule has 0 aliphatic rings. The molecule has 22 heavy (non-hydrogen) atoms. The Bertz CT molecular complexity index is 677. The molecular weight excluding hydrogens is 298 g/mol. The number of nitrogens with zero attached hydrogens (tertiary/aromatic N) is 1. The molecule has 0 aliphatic heterocycles. The van der Waals surface area contributed by atoms with Crippen LogP contribution in [0.1, 0.15) is 34.5 Å². The topological polar surface area (TPSA) is 37.4 Å². The van der Waals surface area contributed by atoms with Gasteiger partial charge in [-0.05, 0) is 31.5 Å². The van der Waals surface area contributed by atoms with Crippen LogP contribution >= 0.6 is 11.6 Å². The van der Waals surface area contributed by atoms with E-state index < -0.39 is 11.7 Å². The number of likely N-dealkylation sites (N-methyl/N-ethyl adjacent to an activating group) is 1. The summed E-state index contributed by atoms with van der Waals surface area (Å²) in [4.78, 5) is 26.1. The summed E-state index contributed by atoms with van der Waals surface area (Å²) in [5.74, 6) is -1.02. The van der Waals surface area contributed by atoms with Crippen LogP contribution in [0.15, 0.2) is 48.5 Å². The number of carbonyl (C=O) groups excluding carboxylic acids is 2. The standard InChI is InChI=1S/C18H18ClNO2/c1-12-4-6-15(7-5-12)17(21)18(22)20(3)13(2)14-8-10-16(19)11-9-14/h4-11,13H,1-3H3. The van der Waals surface area contributed by atoms with Crippen molar-refractivity contribution in [1.82, 2.24) is 4.90 Å². The first-order valence-corrected chi connectivity index (χ1v) is 7.41. The second kappa shape index (κ2) is 6.75. The smallest absolute Gasteiger partial charge is 0.295 e. The SMILES string of the molecule is Cc1ccc(C(=O)C(=O)N(C)C(C)c2ccc(Cl)cc2)cc1. The molecule has 0 aliphatic carbocycles. The monoisotopic (exact) mass is 315 g/mol. The highest BCUT2D eigenvalue weighted by molar-refractivity contribution is 6.42. The lowest BCUT2D eigenvalue weighted by Gasteiger charge is -2.24. The average molecular weight is 316 g/mol. The molecule has 1 unspecified atom stereocenters. The normalized spacial score (nSPS) is 11.8. The Hall–Kier alpha value is -2.13. The van der Waals surface area contributed by atoms with Crippen LogP contribution in [0, 0.1) is 6.92 Å². The van der Waals surface area contributed by atoms with Crippen LogP contribution in [0.2, 0.25) is 5.02 Å². The Morgan fingerprint density at radius 3 is 2.09 bits per heavy atom. The van der Waals surface area contributed by atoms with Crippen molar-refractivity contribution in [3.63, 3.8) is 0 Å². The number of ketones is 1. The van der Waals surface area contributed by atoms with Gasteiger partial charge in [-0.15, -0.1) is 0 Å². The first-order valence-electron chi connectivity index (χ1n) is 7.04. The molecule has 0 saturated carbocycles. The lowest BCUT2D eigenvalue weighted by Crippen LogP contribution is -2.35. The zero-order valence-electron chi connectivity index (χ0n) is 12.8. The van der Waals surface area contributed by atoms with E-state index in [-0.39, 0.29) is 6.04 Å². The molecule has 0 spiro atoms. The van der Waals surface area contributed by atoms with Crippen LogP contribution in [0.4, 0.5) is 0 Å². The highest BCUT2D eigenvalue weighted by Gasteiger charge is 2.24. The molecule has 0 bridgehead atoms. The van der Waals surface area contributed by atoms with Crippen LogP contribution in [0.3, 0.4) is 0 Å². The molecule has 0 saturated heterocycles. The van der Waals surface area contributed by atoms with Gasteiger partial charge in [0.05, 0.1) is 6.04 Å². The first-order chi connectivity index (χ1) is 10.4. The lowest BCUT2D eigenvalue weighted by molar-refractivity contribution is -0.127. The second-order valence-electron chi connectivity index (χ2n) is 5.34. The predicted molar refractivity (Wildman–Crippen MR) is 88.1 cm³/mol. The molecule has 0 aromatic heterocycles. The molecule has 0 fully saturated rings. The maximum absolute atomic E-state index is 12.4. The van der Waals surface area contributed by atoms with E-state index in [9.17, 15) is 9.59 Å². The van der Waals surface area contributed by atoms with E-state index in [1.165, 1.54) is 4.90 Å². The van der Waals surface area contributed by atoms with Crippen molar-refractivity contribution in [2.75, 3.05) is 7.05 Å². The number of Topliss-reactive ketones (excluding diaryl/α,β-unsaturated/α-hetero) is 1. The first kappa shape index (κ1) is 16.2. The molecule has 0 heterocycles. The van der Waals surface area contributed by atoms with Gasteiger partial charge >= 0.3 is 0 Å². The third-order valence-corrected chi connectivity index (χ3v) is 4.01. The van der Waals surface area contributed by atoms with Gasteiger partial charge < -0.3 is 4.90 Å². The fraction of sp³-hybridized carbons (Fsp3) is 0.222. The van der Waals surface area contributed by atoms with Crippen molar-refractivity contribution in [1.29, 1.82) is 0 Å². The summed E-state index contributed by atoms with van der Waals surface area (Å²) in [5, 5.41) is 0.640. The zero-order valence-corrected chi connectivity index (χ0v) is 13.6. The van der Waals surface area contributed by atoms with Crippen LogP contribution in [-0.2, 0) is 4.79 Å². The van der Waals surface area contributed by atoms with E-state index in [4.69, 9.17) is 11.6 Å². The van der Waals surface area contributed by atoms with E-state index in [1.54, 1.807) is 31.3 Å². The summed E-state index contributed by atoms with van der Waals surface area (Å²) in [6, 6.07) is 14.0. The van der Waals surface area contributed by atoms with Crippen molar-refractivity contribution in [3.8, 4) is 0 Å². The van der Waals surface area contributed by atoms with Gasteiger partial charge in [0.1, 0.15) is 0 Å². The molecule has 1 atom stereocenters. The molecule has 3 nitrogen and oxygen atoms in total. The van der Waals surface area contributed by atoms with Gasteiger partial charge in [-0.25, -0.2) is 0 Å². The van der Waals surface area contributed by atoms with E-state index >= 15 is 0 Å². The fourth-order valence-corrected chi connectivity index (χ4v) is 2.26. The number of amides is 1. The number of hydrogen-bond acceptors (Lipinski definition) is 2. The van der Waals surface area contributed by atoms with Crippen molar-refractivity contribution >= 4 is 23.3 Å². The van der Waals surface area contributed by atoms with Crippen molar-refractivity contribution in [2.45, 2.75) is 19.9 Å². The third kappa shape index (κ3) is 3.55.